The van der Waals surface area contributed by atoms with Crippen LogP contribution in [0.5, 0.6) is 0 Å². The molecule has 0 aromatic rings. The maximum Gasteiger partial charge on any atom is 0.306 e. The van der Waals surface area contributed by atoms with Crippen LogP contribution >= 0.6 is 0 Å². The molecule has 0 rings (SSSR count). The molecule has 1 unspecified atom stereocenters. The Morgan fingerprint density at radius 2 is 0.641 bits per heavy atom. The lowest BCUT2D eigenvalue weighted by molar-refractivity contribution is -0.167. The monoisotopic (exact) mass is 891 g/mol. The molecule has 0 aliphatic carbocycles. The Kier molecular flexibility index (Phi) is 49.4. The minimum atomic E-state index is -0.790. The number of unbranched alkanes of at least 4 members (excludes halogenated alkanes) is 22. The Bertz CT molecular complexity index is 1250. The molecule has 0 saturated carbocycles. The molecule has 6 heteroatoms. The van der Waals surface area contributed by atoms with Gasteiger partial charge in [0.15, 0.2) is 6.10 Å². The summed E-state index contributed by atoms with van der Waals surface area (Å²) < 4.78 is 16.8. The van der Waals surface area contributed by atoms with Gasteiger partial charge < -0.3 is 14.2 Å². The minimum Gasteiger partial charge on any atom is -0.462 e. The molecule has 0 spiro atoms. The molecule has 1 atom stereocenters. The van der Waals surface area contributed by atoms with Crippen LogP contribution in [0.3, 0.4) is 0 Å². The minimum absolute atomic E-state index is 0.0895. The molecule has 0 radical (unpaired) electrons. The second-order valence-electron chi connectivity index (χ2n) is 17.4. The van der Waals surface area contributed by atoms with E-state index in [-0.39, 0.29) is 31.1 Å². The van der Waals surface area contributed by atoms with Gasteiger partial charge in [0.1, 0.15) is 13.2 Å². The van der Waals surface area contributed by atoms with Crippen LogP contribution in [0, 0.1) is 0 Å². The van der Waals surface area contributed by atoms with Crippen LogP contribution in [-0.2, 0) is 28.6 Å². The van der Waals surface area contributed by atoms with Gasteiger partial charge in [-0.3, -0.25) is 14.4 Å². The fraction of sp³-hybridized carbons (Fsp3) is 0.707. The second-order valence-corrected chi connectivity index (χ2v) is 17.4. The molecule has 0 aliphatic rings. The van der Waals surface area contributed by atoms with E-state index >= 15 is 0 Å². The Labute approximate surface area is 395 Å². The molecule has 0 saturated heterocycles. The summed E-state index contributed by atoms with van der Waals surface area (Å²) in [5.41, 5.74) is 0. The third-order valence-electron chi connectivity index (χ3n) is 11.1. The van der Waals surface area contributed by atoms with E-state index in [0.717, 1.165) is 128 Å². The fourth-order valence-corrected chi connectivity index (χ4v) is 7.11. The van der Waals surface area contributed by atoms with Crippen LogP contribution in [0.25, 0.3) is 0 Å². The summed E-state index contributed by atoms with van der Waals surface area (Å²) in [4.78, 5) is 38.0. The highest BCUT2D eigenvalue weighted by atomic mass is 16.6. The van der Waals surface area contributed by atoms with Crippen molar-refractivity contribution in [2.45, 2.75) is 252 Å². The van der Waals surface area contributed by atoms with Gasteiger partial charge in [0.05, 0.1) is 0 Å². The van der Waals surface area contributed by atoms with Crippen LogP contribution in [-0.4, -0.2) is 37.2 Å². The first-order valence-electron chi connectivity index (χ1n) is 26.6. The highest BCUT2D eigenvalue weighted by Gasteiger charge is 2.19. The van der Waals surface area contributed by atoms with E-state index in [2.05, 4.69) is 106 Å². The smallest absolute Gasteiger partial charge is 0.306 e. The molecular weight excluding hydrogens is 793 g/mol. The maximum absolute atomic E-state index is 12.8. The normalized spacial score (nSPS) is 12.7. The highest BCUT2D eigenvalue weighted by Crippen LogP contribution is 2.14. The van der Waals surface area contributed by atoms with E-state index in [1.54, 1.807) is 0 Å². The Morgan fingerprint density at radius 3 is 1.03 bits per heavy atom. The van der Waals surface area contributed by atoms with Gasteiger partial charge in [-0.2, -0.15) is 0 Å². The molecule has 0 heterocycles. The first-order chi connectivity index (χ1) is 31.5. The molecule has 0 fully saturated rings. The Hall–Kier alpha value is -3.41. The summed E-state index contributed by atoms with van der Waals surface area (Å²) in [6.45, 7) is 6.41. The largest absolute Gasteiger partial charge is 0.462 e. The number of carbonyl (C=O) groups is 3. The number of ether oxygens (including phenoxy) is 3. The SMILES string of the molecule is CC/C=C\C/C=C\C/C=C\C/C=C\CCCCCCCCCCC(=O)OCC(COC(=O)CCCCCCC/C=C\CCCCC)OC(=O)CCCCCCC/C=C\C/C=C\CCC. The third kappa shape index (κ3) is 49.6. The van der Waals surface area contributed by atoms with Gasteiger partial charge in [0.2, 0.25) is 0 Å². The summed E-state index contributed by atoms with van der Waals surface area (Å²) in [5, 5.41) is 0. The predicted octanol–water partition coefficient (Wildman–Crippen LogP) is 17.6. The van der Waals surface area contributed by atoms with Gasteiger partial charge in [-0.15, -0.1) is 0 Å². The summed E-state index contributed by atoms with van der Waals surface area (Å²) >= 11 is 0. The van der Waals surface area contributed by atoms with Crippen molar-refractivity contribution in [1.82, 2.24) is 0 Å². The van der Waals surface area contributed by atoms with Crippen LogP contribution < -0.4 is 0 Å². The van der Waals surface area contributed by atoms with E-state index in [4.69, 9.17) is 14.2 Å². The molecule has 6 nitrogen and oxygen atoms in total. The van der Waals surface area contributed by atoms with E-state index in [0.29, 0.717) is 19.3 Å². The summed E-state index contributed by atoms with van der Waals surface area (Å²) in [5.74, 6) is -0.921. The number of allylic oxidation sites excluding steroid dienone is 14. The van der Waals surface area contributed by atoms with Crippen molar-refractivity contribution in [2.24, 2.45) is 0 Å². The number of esters is 3. The summed E-state index contributed by atoms with van der Waals surface area (Å²) in [6, 6.07) is 0. The molecule has 0 N–H and O–H groups in total. The molecule has 0 amide bonds. The summed E-state index contributed by atoms with van der Waals surface area (Å²) in [6.07, 6.45) is 67.1. The average Bonchev–Trinajstić information content (AvgIpc) is 3.29. The highest BCUT2D eigenvalue weighted by molar-refractivity contribution is 5.71. The summed E-state index contributed by atoms with van der Waals surface area (Å²) in [7, 11) is 0. The van der Waals surface area contributed by atoms with Gasteiger partial charge in [-0.25, -0.2) is 0 Å². The number of hydrogen-bond donors (Lipinski definition) is 0. The van der Waals surface area contributed by atoms with Gasteiger partial charge in [-0.05, 0) is 109 Å². The van der Waals surface area contributed by atoms with E-state index < -0.39 is 6.10 Å². The lowest BCUT2D eigenvalue weighted by Crippen LogP contribution is -2.30. The zero-order valence-electron chi connectivity index (χ0n) is 41.8. The third-order valence-corrected chi connectivity index (χ3v) is 11.1. The van der Waals surface area contributed by atoms with Crippen molar-refractivity contribution in [2.75, 3.05) is 13.2 Å². The first kappa shape index (κ1) is 60.6. The standard InChI is InChI=1S/C58H98O6/c1-4-7-10-13-16-19-22-25-26-27-28-29-30-31-32-34-36-39-42-45-48-51-57(60)63-54-55(53-62-56(59)50-47-44-41-38-35-24-21-18-15-12-9-6-3)64-58(61)52-49-46-43-40-37-33-23-20-17-14-11-8-5-2/h7,10-11,14,16,18-21,23,25-26,28-29,55H,4-6,8-9,12-13,15,17,22,24,27,30-54H2,1-3H3/b10-7-,14-11-,19-16-,21-18-,23-20-,26-25-,29-28-. The van der Waals surface area contributed by atoms with Gasteiger partial charge in [-0.1, -0.05) is 202 Å². The topological polar surface area (TPSA) is 78.9 Å². The maximum atomic E-state index is 12.8. The number of hydrogen-bond acceptors (Lipinski definition) is 6. The van der Waals surface area contributed by atoms with Crippen molar-refractivity contribution in [3.8, 4) is 0 Å². The lowest BCUT2D eigenvalue weighted by Gasteiger charge is -2.18. The van der Waals surface area contributed by atoms with E-state index in [9.17, 15) is 14.4 Å². The molecule has 64 heavy (non-hydrogen) atoms. The number of carbonyl (C=O) groups excluding carboxylic acids is 3. The fourth-order valence-electron chi connectivity index (χ4n) is 7.11. The molecule has 0 aliphatic heterocycles. The van der Waals surface area contributed by atoms with E-state index in [1.807, 2.05) is 0 Å². The van der Waals surface area contributed by atoms with Crippen LogP contribution in [0.15, 0.2) is 85.1 Å². The Balaban J connectivity index is 4.36. The van der Waals surface area contributed by atoms with Crippen LogP contribution in [0.1, 0.15) is 245 Å². The van der Waals surface area contributed by atoms with E-state index in [1.165, 1.54) is 77.0 Å². The van der Waals surface area contributed by atoms with Crippen LogP contribution in [0.4, 0.5) is 0 Å². The number of rotatable bonds is 47. The predicted molar refractivity (Wildman–Crippen MR) is 274 cm³/mol. The van der Waals surface area contributed by atoms with Crippen molar-refractivity contribution >= 4 is 17.9 Å². The van der Waals surface area contributed by atoms with Gasteiger partial charge >= 0.3 is 17.9 Å². The Morgan fingerprint density at radius 1 is 0.328 bits per heavy atom. The molecule has 0 aromatic heterocycles. The lowest BCUT2D eigenvalue weighted by atomic mass is 10.1. The second kappa shape index (κ2) is 52.2. The zero-order chi connectivity index (χ0) is 46.5. The molecular formula is C58H98O6. The van der Waals surface area contributed by atoms with Gasteiger partial charge in [0, 0.05) is 19.3 Å². The van der Waals surface area contributed by atoms with Crippen molar-refractivity contribution < 1.29 is 28.6 Å². The van der Waals surface area contributed by atoms with Crippen molar-refractivity contribution in [3.63, 3.8) is 0 Å². The zero-order valence-corrected chi connectivity index (χ0v) is 41.8. The van der Waals surface area contributed by atoms with Gasteiger partial charge in [0.25, 0.3) is 0 Å². The average molecular weight is 891 g/mol. The van der Waals surface area contributed by atoms with Crippen molar-refractivity contribution in [1.29, 1.82) is 0 Å². The quantitative estimate of drug-likeness (QED) is 0.0262. The van der Waals surface area contributed by atoms with Crippen LogP contribution in [0.2, 0.25) is 0 Å². The first-order valence-corrected chi connectivity index (χ1v) is 26.6. The molecule has 0 aromatic carbocycles. The molecule has 366 valence electrons. The molecule has 0 bridgehead atoms. The van der Waals surface area contributed by atoms with Crippen molar-refractivity contribution in [3.05, 3.63) is 85.1 Å².